The molecule has 0 saturated carbocycles. The summed E-state index contributed by atoms with van der Waals surface area (Å²) in [6, 6.07) is 12.0. The van der Waals surface area contributed by atoms with E-state index in [0.29, 0.717) is 11.1 Å². The van der Waals surface area contributed by atoms with Crippen LogP contribution in [-0.2, 0) is 11.2 Å². The summed E-state index contributed by atoms with van der Waals surface area (Å²) in [6.45, 7) is 0. The van der Waals surface area contributed by atoms with Gasteiger partial charge in [0.05, 0.1) is 16.6 Å². The molecule has 0 bridgehead atoms. The Morgan fingerprint density at radius 3 is 2.24 bits per heavy atom. The minimum atomic E-state index is -1.22. The highest BCUT2D eigenvalue weighted by molar-refractivity contribution is 5.96. The second-order valence-electron chi connectivity index (χ2n) is 5.18. The van der Waals surface area contributed by atoms with Gasteiger partial charge in [-0.1, -0.05) is 12.1 Å². The van der Waals surface area contributed by atoms with Gasteiger partial charge in [-0.25, -0.2) is 4.79 Å². The Hall–Kier alpha value is -3.73. The predicted octanol–water partition coefficient (Wildman–Crippen LogP) is 1.89. The monoisotopic (exact) mass is 339 g/mol. The van der Waals surface area contributed by atoms with Crippen LogP contribution in [0.15, 0.2) is 48.5 Å². The van der Waals surface area contributed by atoms with E-state index in [-0.39, 0.29) is 17.7 Å². The van der Waals surface area contributed by atoms with E-state index >= 15 is 0 Å². The number of nitrogens with zero attached hydrogens (tertiary/aromatic N) is 2. The summed E-state index contributed by atoms with van der Waals surface area (Å²) in [5, 5.41) is 31.0. The molecule has 0 radical (unpaired) electrons. The zero-order valence-electron chi connectivity index (χ0n) is 12.9. The first-order valence-corrected chi connectivity index (χ1v) is 7.18. The van der Waals surface area contributed by atoms with Gasteiger partial charge in [0.1, 0.15) is 6.04 Å². The Bertz CT molecular complexity index is 838. The summed E-state index contributed by atoms with van der Waals surface area (Å²) >= 11 is 0. The van der Waals surface area contributed by atoms with Crippen LogP contribution < -0.4 is 5.32 Å². The maximum Gasteiger partial charge on any atom is 0.326 e. The van der Waals surface area contributed by atoms with Crippen molar-refractivity contribution in [3.63, 3.8) is 0 Å². The lowest BCUT2D eigenvalue weighted by atomic mass is 10.0. The molecule has 0 aliphatic rings. The molecule has 8 heteroatoms. The number of carbonyl (C=O) groups excluding carboxylic acids is 1. The first-order valence-electron chi connectivity index (χ1n) is 7.18. The fraction of sp³-hybridized carbons (Fsp3) is 0.118. The third kappa shape index (κ3) is 4.62. The van der Waals surface area contributed by atoms with Crippen LogP contribution in [0.25, 0.3) is 0 Å². The second-order valence-corrected chi connectivity index (χ2v) is 5.18. The number of hydrogen-bond donors (Lipinski definition) is 2. The summed E-state index contributed by atoms with van der Waals surface area (Å²) in [6.07, 6.45) is -0.0185. The van der Waals surface area contributed by atoms with Gasteiger partial charge >= 0.3 is 5.97 Å². The highest BCUT2D eigenvalue weighted by Gasteiger charge is 2.21. The van der Waals surface area contributed by atoms with Crippen molar-refractivity contribution in [1.82, 2.24) is 5.32 Å². The van der Waals surface area contributed by atoms with Gasteiger partial charge in [0, 0.05) is 24.1 Å². The van der Waals surface area contributed by atoms with Gasteiger partial charge in [-0.3, -0.25) is 14.9 Å². The Balaban J connectivity index is 2.09. The quantitative estimate of drug-likeness (QED) is 0.610. The molecule has 0 fully saturated rings. The Morgan fingerprint density at radius 1 is 1.16 bits per heavy atom. The van der Waals surface area contributed by atoms with E-state index in [2.05, 4.69) is 5.32 Å². The number of aliphatic carboxylic acids is 1. The molecule has 0 saturated heterocycles. The molecule has 8 nitrogen and oxygen atoms in total. The number of carboxylic acid groups (broad SMARTS) is 1. The fourth-order valence-electron chi connectivity index (χ4n) is 2.13. The molecular weight excluding hydrogens is 326 g/mol. The summed E-state index contributed by atoms with van der Waals surface area (Å²) in [4.78, 5) is 33.6. The van der Waals surface area contributed by atoms with Crippen molar-refractivity contribution in [1.29, 1.82) is 5.26 Å². The van der Waals surface area contributed by atoms with Gasteiger partial charge in [-0.15, -0.1) is 0 Å². The zero-order valence-corrected chi connectivity index (χ0v) is 12.9. The number of non-ortho nitro benzene ring substituents is 1. The van der Waals surface area contributed by atoms with Gasteiger partial charge < -0.3 is 10.4 Å². The van der Waals surface area contributed by atoms with Gasteiger partial charge in [0.15, 0.2) is 0 Å². The number of amides is 1. The smallest absolute Gasteiger partial charge is 0.326 e. The van der Waals surface area contributed by atoms with Crippen molar-refractivity contribution >= 4 is 17.6 Å². The first-order chi connectivity index (χ1) is 11.9. The third-order valence-electron chi connectivity index (χ3n) is 3.47. The maximum atomic E-state index is 12.1. The number of nitro benzene ring substituents is 1. The zero-order chi connectivity index (χ0) is 18.4. The molecule has 0 heterocycles. The third-order valence-corrected chi connectivity index (χ3v) is 3.47. The highest BCUT2D eigenvalue weighted by Crippen LogP contribution is 2.13. The minimum Gasteiger partial charge on any atom is -0.480 e. The summed E-state index contributed by atoms with van der Waals surface area (Å²) in [7, 11) is 0. The first kappa shape index (κ1) is 17.6. The average molecular weight is 339 g/mol. The van der Waals surface area contributed by atoms with Crippen molar-refractivity contribution < 1.29 is 19.6 Å². The molecule has 0 aromatic heterocycles. The van der Waals surface area contributed by atoms with Gasteiger partial charge in [-0.05, 0) is 29.8 Å². The molecule has 0 spiro atoms. The van der Waals surface area contributed by atoms with Crippen molar-refractivity contribution in [2.75, 3.05) is 0 Å². The lowest BCUT2D eigenvalue weighted by Gasteiger charge is -2.14. The molecule has 2 N–H and O–H groups in total. The number of hydrogen-bond acceptors (Lipinski definition) is 5. The topological polar surface area (TPSA) is 133 Å². The molecule has 1 atom stereocenters. The van der Waals surface area contributed by atoms with Crippen LogP contribution in [0.3, 0.4) is 0 Å². The molecule has 2 rings (SSSR count). The molecule has 1 amide bonds. The molecule has 0 unspecified atom stereocenters. The molecule has 0 aliphatic carbocycles. The van der Waals surface area contributed by atoms with E-state index in [1.807, 2.05) is 6.07 Å². The standard InChI is InChI=1S/C17H13N3O5/c18-10-12-1-5-13(6-2-12)16(21)19-15(17(22)23)9-11-3-7-14(8-4-11)20(24)25/h1-8,15H,9H2,(H,19,21)(H,22,23)/t15-/m0/s1. The van der Waals surface area contributed by atoms with E-state index in [4.69, 9.17) is 5.26 Å². The number of nitriles is 1. The van der Waals surface area contributed by atoms with Crippen LogP contribution >= 0.6 is 0 Å². The lowest BCUT2D eigenvalue weighted by molar-refractivity contribution is -0.384. The fourth-order valence-corrected chi connectivity index (χ4v) is 2.13. The molecule has 2 aromatic carbocycles. The van der Waals surface area contributed by atoms with Crippen LogP contribution in [0.4, 0.5) is 5.69 Å². The Kier molecular flexibility index (Phi) is 5.43. The van der Waals surface area contributed by atoms with Crippen LogP contribution in [0.5, 0.6) is 0 Å². The molecule has 25 heavy (non-hydrogen) atoms. The van der Waals surface area contributed by atoms with Crippen molar-refractivity contribution in [3.05, 3.63) is 75.3 Å². The number of nitrogens with one attached hydrogen (secondary N) is 1. The molecular formula is C17H13N3O5. The SMILES string of the molecule is N#Cc1ccc(C(=O)N[C@@H](Cc2ccc([N+](=O)[O-])cc2)C(=O)O)cc1. The van der Waals surface area contributed by atoms with Crippen LogP contribution in [0, 0.1) is 21.4 Å². The largest absolute Gasteiger partial charge is 0.480 e. The maximum absolute atomic E-state index is 12.1. The number of nitro groups is 1. The normalized spacial score (nSPS) is 11.2. The summed E-state index contributed by atoms with van der Waals surface area (Å²) in [5.41, 5.74) is 1.06. The predicted molar refractivity (Wildman–Crippen MR) is 86.8 cm³/mol. The minimum absolute atomic E-state index is 0.0185. The van der Waals surface area contributed by atoms with Crippen LogP contribution in [0.1, 0.15) is 21.5 Å². The highest BCUT2D eigenvalue weighted by atomic mass is 16.6. The summed E-state index contributed by atoms with van der Waals surface area (Å²) < 4.78 is 0. The van der Waals surface area contributed by atoms with E-state index in [0.717, 1.165) is 0 Å². The molecule has 126 valence electrons. The van der Waals surface area contributed by atoms with E-state index in [1.165, 1.54) is 48.5 Å². The Labute approximate surface area is 142 Å². The van der Waals surface area contributed by atoms with Crippen molar-refractivity contribution in [3.8, 4) is 6.07 Å². The second kappa shape index (κ2) is 7.70. The average Bonchev–Trinajstić information content (AvgIpc) is 2.61. The van der Waals surface area contributed by atoms with Crippen molar-refractivity contribution in [2.45, 2.75) is 12.5 Å². The van der Waals surface area contributed by atoms with Gasteiger partial charge in [-0.2, -0.15) is 5.26 Å². The molecule has 0 aliphatic heterocycles. The van der Waals surface area contributed by atoms with Gasteiger partial charge in [0.25, 0.3) is 11.6 Å². The summed E-state index contributed by atoms with van der Waals surface area (Å²) in [5.74, 6) is -1.81. The number of carbonyl (C=O) groups is 2. The number of rotatable bonds is 6. The van der Waals surface area contributed by atoms with E-state index in [1.54, 1.807) is 0 Å². The Morgan fingerprint density at radius 2 is 1.76 bits per heavy atom. The molecule has 2 aromatic rings. The van der Waals surface area contributed by atoms with Crippen molar-refractivity contribution in [2.24, 2.45) is 0 Å². The van der Waals surface area contributed by atoms with Crippen LogP contribution in [-0.4, -0.2) is 27.9 Å². The van der Waals surface area contributed by atoms with E-state index < -0.39 is 22.8 Å². The number of benzene rings is 2. The lowest BCUT2D eigenvalue weighted by Crippen LogP contribution is -2.42. The number of carboxylic acids is 1. The van der Waals surface area contributed by atoms with E-state index in [9.17, 15) is 24.8 Å². The van der Waals surface area contributed by atoms with Gasteiger partial charge in [0.2, 0.25) is 0 Å². The van der Waals surface area contributed by atoms with Crippen LogP contribution in [0.2, 0.25) is 0 Å².